The van der Waals surface area contributed by atoms with Crippen LogP contribution >= 0.6 is 0 Å². The molecule has 2 aromatic carbocycles. The van der Waals surface area contributed by atoms with Crippen LogP contribution in [-0.2, 0) is 10.2 Å². The lowest BCUT2D eigenvalue weighted by Crippen LogP contribution is -2.41. The van der Waals surface area contributed by atoms with Gasteiger partial charge in [0.2, 0.25) is 5.91 Å². The minimum Gasteiger partial charge on any atom is -0.315 e. The van der Waals surface area contributed by atoms with Crippen LogP contribution in [0.15, 0.2) is 48.5 Å². The molecule has 0 fully saturated rings. The van der Waals surface area contributed by atoms with E-state index in [1.54, 1.807) is 9.58 Å². The van der Waals surface area contributed by atoms with Crippen molar-refractivity contribution in [2.24, 2.45) is 0 Å². The highest BCUT2D eigenvalue weighted by Gasteiger charge is 2.24. The number of carbonyl (C=O) groups is 2. The second-order valence-electron chi connectivity index (χ2n) is 10.4. The molecule has 192 valence electrons. The molecule has 0 saturated carbocycles. The Kier molecular flexibility index (Phi) is 8.56. The number of nitrogens with one attached hydrogen (secondary N) is 2. The molecule has 0 aliphatic rings. The number of aryl methyl sites for hydroxylation is 3. The zero-order chi connectivity index (χ0) is 26.5. The van der Waals surface area contributed by atoms with E-state index in [0.717, 1.165) is 46.6 Å². The van der Waals surface area contributed by atoms with Crippen LogP contribution in [0.4, 0.5) is 16.3 Å². The second-order valence-corrected chi connectivity index (χ2v) is 10.4. The zero-order valence-corrected chi connectivity index (χ0v) is 22.6. The monoisotopic (exact) mass is 489 g/mol. The maximum Gasteiger partial charge on any atom is 0.322 e. The van der Waals surface area contributed by atoms with Crippen molar-refractivity contribution in [2.45, 2.75) is 66.7 Å². The fourth-order valence-electron chi connectivity index (χ4n) is 3.98. The summed E-state index contributed by atoms with van der Waals surface area (Å²) in [5.41, 5.74) is 5.40. The number of carbonyl (C=O) groups excluding carboxylic acids is 2. The maximum absolute atomic E-state index is 13.2. The lowest BCUT2D eigenvalue weighted by atomic mass is 9.92. The van der Waals surface area contributed by atoms with E-state index in [1.807, 2.05) is 69.3 Å². The Morgan fingerprint density at radius 3 is 2.19 bits per heavy atom. The molecular weight excluding hydrogens is 450 g/mol. The molecule has 3 rings (SSSR count). The Labute approximate surface area is 214 Å². The topological polar surface area (TPSA) is 79.3 Å². The molecule has 3 aromatic rings. The summed E-state index contributed by atoms with van der Waals surface area (Å²) in [5.74, 6) is 0.322. The van der Waals surface area contributed by atoms with E-state index in [2.05, 4.69) is 38.3 Å². The Bertz CT molecular complexity index is 1200. The van der Waals surface area contributed by atoms with E-state index in [1.165, 1.54) is 0 Å². The molecule has 0 atom stereocenters. The maximum atomic E-state index is 13.2. The highest BCUT2D eigenvalue weighted by Crippen LogP contribution is 2.27. The molecular formula is C29H39N5O2. The van der Waals surface area contributed by atoms with Crippen LogP contribution < -0.4 is 10.6 Å². The smallest absolute Gasteiger partial charge is 0.315 e. The summed E-state index contributed by atoms with van der Waals surface area (Å²) in [5, 5.41) is 10.8. The largest absolute Gasteiger partial charge is 0.322 e. The Hall–Kier alpha value is -3.61. The highest BCUT2D eigenvalue weighted by molar-refractivity contribution is 5.97. The van der Waals surface area contributed by atoms with Crippen molar-refractivity contribution in [3.05, 3.63) is 70.9 Å². The molecule has 0 aliphatic carbocycles. The van der Waals surface area contributed by atoms with Gasteiger partial charge in [-0.3, -0.25) is 4.79 Å². The van der Waals surface area contributed by atoms with Crippen LogP contribution in [0, 0.1) is 20.8 Å². The summed E-state index contributed by atoms with van der Waals surface area (Å²) < 4.78 is 1.78. The summed E-state index contributed by atoms with van der Waals surface area (Å²) >= 11 is 0. The number of amides is 3. The summed E-state index contributed by atoms with van der Waals surface area (Å²) in [6, 6.07) is 15.5. The van der Waals surface area contributed by atoms with Gasteiger partial charge in [-0.2, -0.15) is 5.10 Å². The van der Waals surface area contributed by atoms with Gasteiger partial charge < -0.3 is 15.5 Å². The number of unbranched alkanes of at least 4 members (excludes halogenated alkanes) is 1. The molecule has 7 nitrogen and oxygen atoms in total. The van der Waals surface area contributed by atoms with E-state index in [0.29, 0.717) is 12.4 Å². The normalized spacial score (nSPS) is 11.3. The molecule has 7 heteroatoms. The number of aromatic nitrogens is 2. The van der Waals surface area contributed by atoms with Crippen molar-refractivity contribution >= 4 is 23.4 Å². The molecule has 1 heterocycles. The molecule has 3 amide bonds. The number of nitrogens with zero attached hydrogens (tertiary/aromatic N) is 3. The van der Waals surface area contributed by atoms with Crippen LogP contribution in [0.5, 0.6) is 0 Å². The van der Waals surface area contributed by atoms with Gasteiger partial charge in [-0.1, -0.05) is 70.5 Å². The summed E-state index contributed by atoms with van der Waals surface area (Å²) in [4.78, 5) is 28.0. The van der Waals surface area contributed by atoms with Crippen molar-refractivity contribution in [1.29, 1.82) is 0 Å². The fraction of sp³-hybridized carbons (Fsp3) is 0.414. The van der Waals surface area contributed by atoms with Crippen LogP contribution in [0.3, 0.4) is 0 Å². The summed E-state index contributed by atoms with van der Waals surface area (Å²) in [6.07, 6.45) is 1.73. The van der Waals surface area contributed by atoms with Crippen LogP contribution in [-0.4, -0.2) is 39.7 Å². The first-order chi connectivity index (χ1) is 17.0. The quantitative estimate of drug-likeness (QED) is 0.386. The van der Waals surface area contributed by atoms with Crippen molar-refractivity contribution in [1.82, 2.24) is 14.7 Å². The Morgan fingerprint density at radius 2 is 1.58 bits per heavy atom. The number of para-hydroxylation sites is 2. The van der Waals surface area contributed by atoms with Crippen molar-refractivity contribution in [3.63, 3.8) is 0 Å². The molecule has 0 aliphatic heterocycles. The number of anilines is 2. The van der Waals surface area contributed by atoms with Crippen LogP contribution in [0.1, 0.15) is 62.9 Å². The molecule has 1 aromatic heterocycles. The lowest BCUT2D eigenvalue weighted by Gasteiger charge is -2.23. The third-order valence-corrected chi connectivity index (χ3v) is 6.21. The van der Waals surface area contributed by atoms with Gasteiger partial charge in [0, 0.05) is 23.7 Å². The SMILES string of the molecule is CCCCN(CC(=O)Nc1cc(C(C)(C)C)nn1-c1ccccc1C)C(=O)Nc1c(C)cccc1C. The lowest BCUT2D eigenvalue weighted by molar-refractivity contribution is -0.116. The fourth-order valence-corrected chi connectivity index (χ4v) is 3.98. The minimum absolute atomic E-state index is 0.0550. The predicted octanol–water partition coefficient (Wildman–Crippen LogP) is 6.37. The first-order valence-electron chi connectivity index (χ1n) is 12.6. The standard InChI is InChI=1S/C29H39N5O2/c1-8-9-17-33(28(36)31-27-21(3)14-12-15-22(27)4)19-26(35)30-25-18-24(29(5,6)7)32-34(25)23-16-11-10-13-20(23)2/h10-16,18H,8-9,17,19H2,1-7H3,(H,30,35)(H,31,36). The predicted molar refractivity (Wildman–Crippen MR) is 147 cm³/mol. The van der Waals surface area contributed by atoms with Gasteiger partial charge in [0.05, 0.1) is 11.4 Å². The molecule has 36 heavy (non-hydrogen) atoms. The van der Waals surface area contributed by atoms with Gasteiger partial charge in [-0.15, -0.1) is 0 Å². The van der Waals surface area contributed by atoms with Gasteiger partial charge in [0.1, 0.15) is 12.4 Å². The third-order valence-electron chi connectivity index (χ3n) is 6.21. The third kappa shape index (κ3) is 6.53. The molecule has 0 bridgehead atoms. The Balaban J connectivity index is 1.84. The van der Waals surface area contributed by atoms with Gasteiger partial charge >= 0.3 is 6.03 Å². The van der Waals surface area contributed by atoms with Crippen molar-refractivity contribution in [3.8, 4) is 5.69 Å². The van der Waals surface area contributed by atoms with E-state index < -0.39 is 0 Å². The Morgan fingerprint density at radius 1 is 0.944 bits per heavy atom. The number of urea groups is 1. The molecule has 2 N–H and O–H groups in total. The van der Waals surface area contributed by atoms with Gasteiger partial charge in [-0.25, -0.2) is 9.48 Å². The average Bonchev–Trinajstić information content (AvgIpc) is 3.23. The minimum atomic E-state index is -0.279. The number of hydrogen-bond acceptors (Lipinski definition) is 3. The van der Waals surface area contributed by atoms with Crippen molar-refractivity contribution < 1.29 is 9.59 Å². The molecule has 0 radical (unpaired) electrons. The first kappa shape index (κ1) is 27.0. The van der Waals surface area contributed by atoms with E-state index >= 15 is 0 Å². The summed E-state index contributed by atoms with van der Waals surface area (Å²) in [7, 11) is 0. The molecule has 0 unspecified atom stereocenters. The van der Waals surface area contributed by atoms with Gasteiger partial charge in [-0.05, 0) is 49.9 Å². The summed E-state index contributed by atoms with van der Waals surface area (Å²) in [6.45, 7) is 14.7. The first-order valence-corrected chi connectivity index (χ1v) is 12.6. The highest BCUT2D eigenvalue weighted by atomic mass is 16.2. The second kappa shape index (κ2) is 11.4. The van der Waals surface area contributed by atoms with Crippen LogP contribution in [0.2, 0.25) is 0 Å². The molecule has 0 saturated heterocycles. The number of hydrogen-bond donors (Lipinski definition) is 2. The van der Waals surface area contributed by atoms with Gasteiger partial charge in [0.15, 0.2) is 0 Å². The van der Waals surface area contributed by atoms with Gasteiger partial charge in [0.25, 0.3) is 0 Å². The van der Waals surface area contributed by atoms with Crippen LogP contribution in [0.25, 0.3) is 5.69 Å². The zero-order valence-electron chi connectivity index (χ0n) is 22.6. The van der Waals surface area contributed by atoms with E-state index in [9.17, 15) is 9.59 Å². The number of benzene rings is 2. The van der Waals surface area contributed by atoms with E-state index in [4.69, 9.17) is 5.10 Å². The van der Waals surface area contributed by atoms with E-state index in [-0.39, 0.29) is 23.9 Å². The molecule has 0 spiro atoms. The van der Waals surface area contributed by atoms with Crippen molar-refractivity contribution in [2.75, 3.05) is 23.7 Å². The average molecular weight is 490 g/mol. The number of rotatable bonds is 8.